The van der Waals surface area contributed by atoms with E-state index >= 15 is 0 Å². The van der Waals surface area contributed by atoms with Crippen LogP contribution in [0.4, 0.5) is 0 Å². The quantitative estimate of drug-likeness (QED) is 0.521. The summed E-state index contributed by atoms with van der Waals surface area (Å²) >= 11 is 0. The fourth-order valence-corrected chi connectivity index (χ4v) is 1.73. The average molecular weight is 155 g/mol. The predicted molar refractivity (Wildman–Crippen MR) is 45.2 cm³/mol. The van der Waals surface area contributed by atoms with Gasteiger partial charge < -0.3 is 4.90 Å². The topological polar surface area (TPSA) is 20.3 Å². The molecule has 1 aliphatic heterocycles. The van der Waals surface area contributed by atoms with E-state index in [1.165, 1.54) is 12.8 Å². The molecule has 2 atom stereocenters. The molecule has 0 aliphatic carbocycles. The minimum atomic E-state index is 0.226. The standard InChI is InChI=1S/C9H17NO/c1-7-4-5-8(2)10(6-7)9(3)11/h7-8H,4-6H2,1-3H3/t7-,8-/m1/s1. The van der Waals surface area contributed by atoms with Gasteiger partial charge in [-0.25, -0.2) is 0 Å². The molecule has 2 nitrogen and oxygen atoms in total. The number of amides is 1. The lowest BCUT2D eigenvalue weighted by molar-refractivity contribution is -0.132. The molecule has 0 aromatic rings. The van der Waals surface area contributed by atoms with Crippen LogP contribution in [-0.4, -0.2) is 23.4 Å². The first-order valence-electron chi connectivity index (χ1n) is 4.38. The molecule has 1 heterocycles. The number of nitrogens with zero attached hydrogens (tertiary/aromatic N) is 1. The predicted octanol–water partition coefficient (Wildman–Crippen LogP) is 1.65. The van der Waals surface area contributed by atoms with Crippen molar-refractivity contribution in [2.75, 3.05) is 6.54 Å². The zero-order chi connectivity index (χ0) is 8.43. The van der Waals surface area contributed by atoms with Gasteiger partial charge in [0.25, 0.3) is 0 Å². The Morgan fingerprint density at radius 1 is 1.36 bits per heavy atom. The van der Waals surface area contributed by atoms with Gasteiger partial charge in [-0.05, 0) is 25.7 Å². The third-order valence-electron chi connectivity index (χ3n) is 2.52. The number of likely N-dealkylation sites (tertiary alicyclic amines) is 1. The van der Waals surface area contributed by atoms with Gasteiger partial charge in [0.1, 0.15) is 0 Å². The number of rotatable bonds is 0. The van der Waals surface area contributed by atoms with Gasteiger partial charge in [-0.1, -0.05) is 6.92 Å². The van der Waals surface area contributed by atoms with E-state index in [-0.39, 0.29) is 5.91 Å². The first-order chi connectivity index (χ1) is 5.11. The molecule has 11 heavy (non-hydrogen) atoms. The lowest BCUT2D eigenvalue weighted by Crippen LogP contribution is -2.43. The second kappa shape index (κ2) is 3.24. The fraction of sp³-hybridized carbons (Fsp3) is 0.889. The Morgan fingerprint density at radius 3 is 2.45 bits per heavy atom. The molecule has 1 aliphatic rings. The van der Waals surface area contributed by atoms with Crippen LogP contribution >= 0.6 is 0 Å². The Labute approximate surface area is 68.6 Å². The molecule has 1 saturated heterocycles. The van der Waals surface area contributed by atoms with Gasteiger partial charge in [0, 0.05) is 19.5 Å². The number of carbonyl (C=O) groups excluding carboxylic acids is 1. The summed E-state index contributed by atoms with van der Waals surface area (Å²) in [5.41, 5.74) is 0. The lowest BCUT2D eigenvalue weighted by atomic mass is 9.95. The number of piperidine rings is 1. The van der Waals surface area contributed by atoms with Crippen LogP contribution in [0.1, 0.15) is 33.6 Å². The smallest absolute Gasteiger partial charge is 0.219 e. The van der Waals surface area contributed by atoms with E-state index in [1.807, 2.05) is 4.90 Å². The zero-order valence-corrected chi connectivity index (χ0v) is 7.63. The van der Waals surface area contributed by atoms with Crippen molar-refractivity contribution >= 4 is 5.91 Å². The van der Waals surface area contributed by atoms with Gasteiger partial charge in [-0.2, -0.15) is 0 Å². The lowest BCUT2D eigenvalue weighted by Gasteiger charge is -2.36. The molecule has 64 valence electrons. The Bertz CT molecular complexity index is 156. The van der Waals surface area contributed by atoms with Crippen LogP contribution in [0, 0.1) is 5.92 Å². The van der Waals surface area contributed by atoms with E-state index < -0.39 is 0 Å². The maximum Gasteiger partial charge on any atom is 0.219 e. The van der Waals surface area contributed by atoms with E-state index in [0.717, 1.165) is 6.54 Å². The van der Waals surface area contributed by atoms with E-state index in [0.29, 0.717) is 12.0 Å². The number of carbonyl (C=O) groups is 1. The van der Waals surface area contributed by atoms with E-state index in [1.54, 1.807) is 6.92 Å². The monoisotopic (exact) mass is 155 g/mol. The van der Waals surface area contributed by atoms with Crippen LogP contribution in [0.5, 0.6) is 0 Å². The molecule has 1 fully saturated rings. The zero-order valence-electron chi connectivity index (χ0n) is 7.63. The summed E-state index contributed by atoms with van der Waals surface area (Å²) in [6.07, 6.45) is 2.44. The van der Waals surface area contributed by atoms with Gasteiger partial charge in [0.2, 0.25) is 5.91 Å². The van der Waals surface area contributed by atoms with Crippen molar-refractivity contribution in [2.45, 2.75) is 39.7 Å². The minimum absolute atomic E-state index is 0.226. The maximum absolute atomic E-state index is 11.1. The second-order valence-electron chi connectivity index (χ2n) is 3.70. The number of hydrogen-bond acceptors (Lipinski definition) is 1. The normalized spacial score (nSPS) is 32.1. The molecule has 1 amide bonds. The van der Waals surface area contributed by atoms with Gasteiger partial charge >= 0.3 is 0 Å². The summed E-state index contributed by atoms with van der Waals surface area (Å²) in [6, 6.07) is 0.462. The summed E-state index contributed by atoms with van der Waals surface area (Å²) in [5, 5.41) is 0. The highest BCUT2D eigenvalue weighted by Gasteiger charge is 2.23. The van der Waals surface area contributed by atoms with E-state index in [2.05, 4.69) is 13.8 Å². The second-order valence-corrected chi connectivity index (χ2v) is 3.70. The van der Waals surface area contributed by atoms with Crippen molar-refractivity contribution in [1.82, 2.24) is 4.90 Å². The van der Waals surface area contributed by atoms with Crippen molar-refractivity contribution in [3.8, 4) is 0 Å². The molecule has 0 bridgehead atoms. The van der Waals surface area contributed by atoms with Crippen LogP contribution in [0.3, 0.4) is 0 Å². The van der Waals surface area contributed by atoms with Crippen LogP contribution in [0.15, 0.2) is 0 Å². The molecule has 0 radical (unpaired) electrons. The van der Waals surface area contributed by atoms with Crippen LogP contribution in [0.2, 0.25) is 0 Å². The highest BCUT2D eigenvalue weighted by Crippen LogP contribution is 2.20. The molecule has 0 saturated carbocycles. The minimum Gasteiger partial charge on any atom is -0.340 e. The van der Waals surface area contributed by atoms with E-state index in [9.17, 15) is 4.79 Å². The van der Waals surface area contributed by atoms with Crippen LogP contribution in [-0.2, 0) is 4.79 Å². The summed E-state index contributed by atoms with van der Waals surface area (Å²) in [6.45, 7) is 6.96. The fourth-order valence-electron chi connectivity index (χ4n) is 1.73. The van der Waals surface area contributed by atoms with Crippen LogP contribution < -0.4 is 0 Å². The van der Waals surface area contributed by atoms with Gasteiger partial charge in [0.15, 0.2) is 0 Å². The van der Waals surface area contributed by atoms with Crippen molar-refractivity contribution in [3.05, 3.63) is 0 Å². The van der Waals surface area contributed by atoms with Crippen molar-refractivity contribution in [3.63, 3.8) is 0 Å². The molecule has 0 unspecified atom stereocenters. The summed E-state index contributed by atoms with van der Waals surface area (Å²) in [5.74, 6) is 0.916. The molecule has 0 spiro atoms. The van der Waals surface area contributed by atoms with Crippen LogP contribution in [0.25, 0.3) is 0 Å². The first kappa shape index (κ1) is 8.57. The third kappa shape index (κ3) is 1.95. The average Bonchev–Trinajstić information content (AvgIpc) is 1.94. The maximum atomic E-state index is 11.1. The highest BCUT2D eigenvalue weighted by molar-refractivity contribution is 5.73. The Hall–Kier alpha value is -0.530. The SMILES string of the molecule is CC(=O)N1C[C@H](C)CC[C@H]1C. The molecule has 1 rings (SSSR count). The molecular weight excluding hydrogens is 138 g/mol. The summed E-state index contributed by atoms with van der Waals surface area (Å²) in [4.78, 5) is 13.1. The molecule has 0 N–H and O–H groups in total. The van der Waals surface area contributed by atoms with Crippen molar-refractivity contribution in [1.29, 1.82) is 0 Å². The number of hydrogen-bond donors (Lipinski definition) is 0. The summed E-state index contributed by atoms with van der Waals surface area (Å²) in [7, 11) is 0. The van der Waals surface area contributed by atoms with E-state index in [4.69, 9.17) is 0 Å². The van der Waals surface area contributed by atoms with Gasteiger partial charge in [-0.3, -0.25) is 4.79 Å². The Balaban J connectivity index is 2.54. The molecule has 0 aromatic heterocycles. The Kier molecular flexibility index (Phi) is 2.53. The van der Waals surface area contributed by atoms with Gasteiger partial charge in [-0.15, -0.1) is 0 Å². The largest absolute Gasteiger partial charge is 0.340 e. The highest BCUT2D eigenvalue weighted by atomic mass is 16.2. The third-order valence-corrected chi connectivity index (χ3v) is 2.52. The van der Waals surface area contributed by atoms with Crippen molar-refractivity contribution < 1.29 is 4.79 Å². The Morgan fingerprint density at radius 2 is 2.00 bits per heavy atom. The summed E-state index contributed by atoms with van der Waals surface area (Å²) < 4.78 is 0. The van der Waals surface area contributed by atoms with Crippen molar-refractivity contribution in [2.24, 2.45) is 5.92 Å². The molecular formula is C9H17NO. The molecule has 2 heteroatoms. The van der Waals surface area contributed by atoms with Gasteiger partial charge in [0.05, 0.1) is 0 Å². The molecule has 0 aromatic carbocycles. The first-order valence-corrected chi connectivity index (χ1v) is 4.38.